The van der Waals surface area contributed by atoms with Gasteiger partial charge in [-0.1, -0.05) is 48.5 Å². The predicted octanol–water partition coefficient (Wildman–Crippen LogP) is 2.01. The van der Waals surface area contributed by atoms with Gasteiger partial charge in [0.1, 0.15) is 12.6 Å². The zero-order valence-corrected chi connectivity index (χ0v) is 14.8. The number of hydrogen-bond donors (Lipinski definition) is 1. The van der Waals surface area contributed by atoms with E-state index in [0.717, 1.165) is 5.56 Å². The highest BCUT2D eigenvalue weighted by molar-refractivity contribution is 5.85. The van der Waals surface area contributed by atoms with Crippen molar-refractivity contribution in [2.45, 2.75) is 19.1 Å². The van der Waals surface area contributed by atoms with Crippen LogP contribution < -0.4 is 5.32 Å². The molecule has 0 fully saturated rings. The first-order valence-corrected chi connectivity index (χ1v) is 8.22. The molecule has 2 rings (SSSR count). The highest BCUT2D eigenvalue weighted by atomic mass is 16.6. The molecule has 8 heteroatoms. The first kappa shape index (κ1) is 20.1. The molecule has 0 spiro atoms. The lowest BCUT2D eigenvalue weighted by Crippen LogP contribution is -2.44. The van der Waals surface area contributed by atoms with E-state index in [1.165, 1.54) is 25.3 Å². The summed E-state index contributed by atoms with van der Waals surface area (Å²) in [5.74, 6) is -1.20. The number of rotatable bonds is 9. The van der Waals surface area contributed by atoms with E-state index >= 15 is 0 Å². The van der Waals surface area contributed by atoms with Gasteiger partial charge in [-0.05, 0) is 5.56 Å². The van der Waals surface area contributed by atoms with Crippen LogP contribution in [-0.2, 0) is 32.1 Å². The maximum atomic E-state index is 12.1. The summed E-state index contributed by atoms with van der Waals surface area (Å²) in [4.78, 5) is 34.7. The summed E-state index contributed by atoms with van der Waals surface area (Å²) in [6.07, 6.45) is -0.0613. The molecule has 0 aliphatic carbocycles. The number of carbonyl (C=O) groups is 2. The summed E-state index contributed by atoms with van der Waals surface area (Å²) in [6.45, 7) is 0.000575. The lowest BCUT2D eigenvalue weighted by molar-refractivity contribution is -0.385. The Morgan fingerprint density at radius 3 is 2.44 bits per heavy atom. The number of benzene rings is 2. The molecule has 0 heterocycles. The van der Waals surface area contributed by atoms with E-state index in [2.05, 4.69) is 5.32 Å². The zero-order chi connectivity index (χ0) is 19.6. The van der Waals surface area contributed by atoms with Crippen LogP contribution in [0.4, 0.5) is 5.69 Å². The van der Waals surface area contributed by atoms with Crippen molar-refractivity contribution in [2.75, 3.05) is 13.7 Å². The number of hydrogen-bond acceptors (Lipinski definition) is 6. The Balaban J connectivity index is 1.97. The van der Waals surface area contributed by atoms with E-state index in [4.69, 9.17) is 9.47 Å². The first-order chi connectivity index (χ1) is 13.0. The standard InChI is InChI=1S/C19H20N2O6/c1-26-19(23)16(11-15-9-5-6-10-17(15)21(24)25)20-18(22)13-27-12-14-7-3-2-4-8-14/h2-10,16H,11-13H2,1H3,(H,20,22)/t16-/m1/s1. The predicted molar refractivity (Wildman–Crippen MR) is 96.8 cm³/mol. The van der Waals surface area contributed by atoms with Gasteiger partial charge in [-0.15, -0.1) is 0 Å². The van der Waals surface area contributed by atoms with Gasteiger partial charge in [-0.3, -0.25) is 14.9 Å². The van der Waals surface area contributed by atoms with Crippen LogP contribution >= 0.6 is 0 Å². The van der Waals surface area contributed by atoms with Crippen LogP contribution in [0.15, 0.2) is 54.6 Å². The van der Waals surface area contributed by atoms with E-state index < -0.39 is 22.8 Å². The number of ether oxygens (including phenoxy) is 2. The van der Waals surface area contributed by atoms with Gasteiger partial charge in [0.15, 0.2) is 0 Å². The number of para-hydroxylation sites is 1. The quantitative estimate of drug-likeness (QED) is 0.410. The van der Waals surface area contributed by atoms with Gasteiger partial charge in [0, 0.05) is 18.1 Å². The molecule has 0 aromatic heterocycles. The van der Waals surface area contributed by atoms with Crippen LogP contribution in [0.1, 0.15) is 11.1 Å². The maximum Gasteiger partial charge on any atom is 0.328 e. The fraction of sp³-hybridized carbons (Fsp3) is 0.263. The van der Waals surface area contributed by atoms with Gasteiger partial charge < -0.3 is 14.8 Å². The molecular formula is C19H20N2O6. The summed E-state index contributed by atoms with van der Waals surface area (Å²) in [5.41, 5.74) is 1.11. The maximum absolute atomic E-state index is 12.1. The number of methoxy groups -OCH3 is 1. The van der Waals surface area contributed by atoms with Gasteiger partial charge in [0.2, 0.25) is 5.91 Å². The van der Waals surface area contributed by atoms with Gasteiger partial charge in [-0.25, -0.2) is 4.79 Å². The Bertz CT molecular complexity index is 794. The fourth-order valence-corrected chi connectivity index (χ4v) is 2.49. The number of esters is 1. The number of nitro benzene ring substituents is 1. The molecule has 0 radical (unpaired) electrons. The lowest BCUT2D eigenvalue weighted by atomic mass is 10.0. The molecule has 27 heavy (non-hydrogen) atoms. The smallest absolute Gasteiger partial charge is 0.328 e. The molecule has 0 aliphatic heterocycles. The Labute approximate surface area is 156 Å². The minimum absolute atomic E-state index is 0.0613. The minimum atomic E-state index is -1.05. The summed E-state index contributed by atoms with van der Waals surface area (Å²) in [6, 6.07) is 14.3. The second-order valence-electron chi connectivity index (χ2n) is 5.71. The third-order valence-corrected chi connectivity index (χ3v) is 3.78. The summed E-state index contributed by atoms with van der Waals surface area (Å²) in [7, 11) is 1.19. The van der Waals surface area contributed by atoms with E-state index in [0.29, 0.717) is 5.56 Å². The van der Waals surface area contributed by atoms with Crippen molar-refractivity contribution in [2.24, 2.45) is 0 Å². The molecule has 0 unspecified atom stereocenters. The monoisotopic (exact) mass is 372 g/mol. The van der Waals surface area contributed by atoms with Gasteiger partial charge >= 0.3 is 5.97 Å². The second kappa shape index (κ2) is 10.0. The number of nitro groups is 1. The molecule has 0 saturated heterocycles. The lowest BCUT2D eigenvalue weighted by Gasteiger charge is -2.16. The molecule has 142 valence electrons. The molecule has 0 aliphatic rings. The third-order valence-electron chi connectivity index (χ3n) is 3.78. The van der Waals surface area contributed by atoms with E-state index in [1.54, 1.807) is 6.07 Å². The average Bonchev–Trinajstić information content (AvgIpc) is 2.68. The van der Waals surface area contributed by atoms with Crippen LogP contribution in [0, 0.1) is 10.1 Å². The average molecular weight is 372 g/mol. The topological polar surface area (TPSA) is 108 Å². The van der Waals surface area contributed by atoms with Crippen molar-refractivity contribution >= 4 is 17.6 Å². The van der Waals surface area contributed by atoms with Crippen LogP contribution in [0.5, 0.6) is 0 Å². The molecule has 0 bridgehead atoms. The van der Waals surface area contributed by atoms with Crippen LogP contribution in [0.2, 0.25) is 0 Å². The highest BCUT2D eigenvalue weighted by Gasteiger charge is 2.25. The van der Waals surface area contributed by atoms with E-state index in [1.807, 2.05) is 30.3 Å². The summed E-state index contributed by atoms with van der Waals surface area (Å²) >= 11 is 0. The highest BCUT2D eigenvalue weighted by Crippen LogP contribution is 2.19. The molecule has 2 aromatic carbocycles. The normalized spacial score (nSPS) is 11.4. The molecule has 1 amide bonds. The minimum Gasteiger partial charge on any atom is -0.467 e. The van der Waals surface area contributed by atoms with E-state index in [9.17, 15) is 19.7 Å². The number of amides is 1. The van der Waals surface area contributed by atoms with Crippen molar-refractivity contribution in [3.05, 3.63) is 75.8 Å². The van der Waals surface area contributed by atoms with Crippen LogP contribution in [0.3, 0.4) is 0 Å². The molecule has 1 N–H and O–H groups in total. The first-order valence-electron chi connectivity index (χ1n) is 8.22. The molecule has 1 atom stereocenters. The van der Waals surface area contributed by atoms with Crippen molar-refractivity contribution in [1.82, 2.24) is 5.32 Å². The van der Waals surface area contributed by atoms with Gasteiger partial charge in [0.05, 0.1) is 18.6 Å². The van der Waals surface area contributed by atoms with Crippen molar-refractivity contribution in [3.8, 4) is 0 Å². The Kier molecular flexibility index (Phi) is 7.45. The second-order valence-corrected chi connectivity index (χ2v) is 5.71. The van der Waals surface area contributed by atoms with Crippen LogP contribution in [-0.4, -0.2) is 36.6 Å². The van der Waals surface area contributed by atoms with E-state index in [-0.39, 0.29) is 25.3 Å². The number of carbonyl (C=O) groups excluding carboxylic acids is 2. The zero-order valence-electron chi connectivity index (χ0n) is 14.8. The van der Waals surface area contributed by atoms with Gasteiger partial charge in [0.25, 0.3) is 5.69 Å². The number of nitrogens with one attached hydrogen (secondary N) is 1. The molecule has 2 aromatic rings. The van der Waals surface area contributed by atoms with Crippen molar-refractivity contribution in [1.29, 1.82) is 0 Å². The molecule has 8 nitrogen and oxygen atoms in total. The molecule has 0 saturated carbocycles. The van der Waals surface area contributed by atoms with Crippen LogP contribution in [0.25, 0.3) is 0 Å². The van der Waals surface area contributed by atoms with Gasteiger partial charge in [-0.2, -0.15) is 0 Å². The molecular weight excluding hydrogens is 352 g/mol. The fourth-order valence-electron chi connectivity index (χ4n) is 2.49. The Morgan fingerprint density at radius 2 is 1.78 bits per heavy atom. The summed E-state index contributed by atoms with van der Waals surface area (Å²) < 4.78 is 10.0. The largest absolute Gasteiger partial charge is 0.467 e. The number of nitrogens with zero attached hydrogens (tertiary/aromatic N) is 1. The summed E-state index contributed by atoms with van der Waals surface area (Å²) in [5, 5.41) is 13.6. The Hall–Kier alpha value is -3.26. The van der Waals surface area contributed by atoms with Crippen molar-refractivity contribution < 1.29 is 24.0 Å². The Morgan fingerprint density at radius 1 is 1.11 bits per heavy atom. The van der Waals surface area contributed by atoms with Crippen molar-refractivity contribution in [3.63, 3.8) is 0 Å². The third kappa shape index (κ3) is 6.19. The SMILES string of the molecule is COC(=O)[C@@H](Cc1ccccc1[N+](=O)[O-])NC(=O)COCc1ccccc1.